The van der Waals surface area contributed by atoms with E-state index in [4.69, 9.17) is 4.74 Å². The molecule has 7 heteroatoms. The quantitative estimate of drug-likeness (QED) is 0.739. The van der Waals surface area contributed by atoms with Gasteiger partial charge in [0.2, 0.25) is 0 Å². The molecule has 2 saturated heterocycles. The number of hydrogen-bond acceptors (Lipinski definition) is 6. The summed E-state index contributed by atoms with van der Waals surface area (Å²) in [6.07, 6.45) is 3.43. The SMILES string of the molecule is O=C(Nc1cccc2cccnc12)c1cc(N2CCN(C3COC3)CC2)ccn1. The number of rotatable bonds is 4. The molecular formula is C22H23N5O2. The topological polar surface area (TPSA) is 70.6 Å². The van der Waals surface area contributed by atoms with Gasteiger partial charge < -0.3 is 15.0 Å². The number of para-hydroxylation sites is 1. The van der Waals surface area contributed by atoms with Gasteiger partial charge in [-0.15, -0.1) is 0 Å². The maximum Gasteiger partial charge on any atom is 0.274 e. The third-order valence-electron chi connectivity index (χ3n) is 5.67. The molecule has 29 heavy (non-hydrogen) atoms. The van der Waals surface area contributed by atoms with Gasteiger partial charge in [-0.2, -0.15) is 0 Å². The van der Waals surface area contributed by atoms with Crippen LogP contribution in [0.4, 0.5) is 11.4 Å². The van der Waals surface area contributed by atoms with Gasteiger partial charge in [-0.3, -0.25) is 19.7 Å². The van der Waals surface area contributed by atoms with Crippen LogP contribution in [0.2, 0.25) is 0 Å². The van der Waals surface area contributed by atoms with Gasteiger partial charge in [-0.1, -0.05) is 18.2 Å². The second kappa shape index (κ2) is 7.77. The molecule has 1 N–H and O–H groups in total. The zero-order valence-electron chi connectivity index (χ0n) is 16.1. The number of aromatic nitrogens is 2. The zero-order valence-corrected chi connectivity index (χ0v) is 16.1. The van der Waals surface area contributed by atoms with E-state index in [1.165, 1.54) is 0 Å². The lowest BCUT2D eigenvalue weighted by atomic mass is 10.1. The molecule has 2 aliphatic rings. The first-order valence-electron chi connectivity index (χ1n) is 9.96. The first-order chi connectivity index (χ1) is 14.3. The molecule has 2 aliphatic heterocycles. The lowest BCUT2D eigenvalue weighted by molar-refractivity contribution is -0.0660. The minimum atomic E-state index is -0.227. The van der Waals surface area contributed by atoms with E-state index in [1.54, 1.807) is 12.4 Å². The number of nitrogens with zero attached hydrogens (tertiary/aromatic N) is 4. The normalized spacial score (nSPS) is 17.9. The van der Waals surface area contributed by atoms with Crippen molar-refractivity contribution < 1.29 is 9.53 Å². The van der Waals surface area contributed by atoms with Crippen molar-refractivity contribution in [1.82, 2.24) is 14.9 Å². The van der Waals surface area contributed by atoms with Crippen LogP contribution in [0.25, 0.3) is 10.9 Å². The van der Waals surface area contributed by atoms with Crippen LogP contribution >= 0.6 is 0 Å². The van der Waals surface area contributed by atoms with Crippen LogP contribution in [-0.4, -0.2) is 66.2 Å². The van der Waals surface area contributed by atoms with Crippen molar-refractivity contribution in [2.45, 2.75) is 6.04 Å². The molecule has 1 aromatic carbocycles. The van der Waals surface area contributed by atoms with Crippen LogP contribution < -0.4 is 10.2 Å². The summed E-state index contributed by atoms with van der Waals surface area (Å²) >= 11 is 0. The predicted octanol–water partition coefficient (Wildman–Crippen LogP) is 2.40. The summed E-state index contributed by atoms with van der Waals surface area (Å²) in [5.41, 5.74) is 2.91. The molecule has 1 amide bonds. The number of anilines is 2. The van der Waals surface area contributed by atoms with Crippen molar-refractivity contribution in [2.75, 3.05) is 49.6 Å². The number of ether oxygens (including phenoxy) is 1. The summed E-state index contributed by atoms with van der Waals surface area (Å²) in [4.78, 5) is 26.3. The summed E-state index contributed by atoms with van der Waals surface area (Å²) in [7, 11) is 0. The number of nitrogens with one attached hydrogen (secondary N) is 1. The Hall–Kier alpha value is -3.03. The molecule has 2 fully saturated rings. The summed E-state index contributed by atoms with van der Waals surface area (Å²) < 4.78 is 5.30. The van der Waals surface area contributed by atoms with Crippen molar-refractivity contribution in [3.05, 3.63) is 60.6 Å². The fourth-order valence-corrected chi connectivity index (χ4v) is 3.91. The Morgan fingerprint density at radius 3 is 2.62 bits per heavy atom. The Kier molecular flexibility index (Phi) is 4.83. The van der Waals surface area contributed by atoms with Gasteiger partial charge in [0.25, 0.3) is 5.91 Å². The summed E-state index contributed by atoms with van der Waals surface area (Å²) in [5, 5.41) is 3.95. The third-order valence-corrected chi connectivity index (χ3v) is 5.67. The van der Waals surface area contributed by atoms with Gasteiger partial charge in [-0.05, 0) is 24.3 Å². The lowest BCUT2D eigenvalue weighted by Gasteiger charge is -2.43. The van der Waals surface area contributed by atoms with E-state index in [0.717, 1.165) is 56.0 Å². The molecule has 148 valence electrons. The lowest BCUT2D eigenvalue weighted by Crippen LogP contribution is -2.56. The Morgan fingerprint density at radius 1 is 1.00 bits per heavy atom. The molecule has 0 aliphatic carbocycles. The van der Waals surface area contributed by atoms with E-state index in [1.807, 2.05) is 42.5 Å². The van der Waals surface area contributed by atoms with Crippen LogP contribution in [0.1, 0.15) is 10.5 Å². The molecule has 3 aromatic rings. The second-order valence-electron chi connectivity index (χ2n) is 7.45. The fraction of sp³-hybridized carbons (Fsp3) is 0.318. The highest BCUT2D eigenvalue weighted by Gasteiger charge is 2.29. The highest BCUT2D eigenvalue weighted by molar-refractivity contribution is 6.07. The van der Waals surface area contributed by atoms with Crippen LogP contribution in [-0.2, 0) is 4.74 Å². The fourth-order valence-electron chi connectivity index (χ4n) is 3.91. The molecule has 2 aromatic heterocycles. The van der Waals surface area contributed by atoms with Crippen molar-refractivity contribution in [3.63, 3.8) is 0 Å². The van der Waals surface area contributed by atoms with Crippen molar-refractivity contribution in [1.29, 1.82) is 0 Å². The van der Waals surface area contributed by atoms with Gasteiger partial charge in [0.05, 0.1) is 30.5 Å². The van der Waals surface area contributed by atoms with Crippen LogP contribution in [0.15, 0.2) is 54.9 Å². The van der Waals surface area contributed by atoms with Gasteiger partial charge in [-0.25, -0.2) is 0 Å². The number of pyridine rings is 2. The van der Waals surface area contributed by atoms with Gasteiger partial charge in [0, 0.05) is 49.6 Å². The summed E-state index contributed by atoms with van der Waals surface area (Å²) in [6.45, 7) is 5.61. The minimum Gasteiger partial charge on any atom is -0.378 e. The van der Waals surface area contributed by atoms with E-state index in [2.05, 4.69) is 25.1 Å². The zero-order chi connectivity index (χ0) is 19.6. The van der Waals surface area contributed by atoms with Crippen LogP contribution in [0.3, 0.4) is 0 Å². The number of hydrogen-bond donors (Lipinski definition) is 1. The number of carbonyl (C=O) groups is 1. The van der Waals surface area contributed by atoms with Crippen molar-refractivity contribution in [3.8, 4) is 0 Å². The molecule has 0 saturated carbocycles. The van der Waals surface area contributed by atoms with E-state index in [-0.39, 0.29) is 5.91 Å². The number of piperazine rings is 1. The molecule has 0 unspecified atom stereocenters. The van der Waals surface area contributed by atoms with E-state index >= 15 is 0 Å². The predicted molar refractivity (Wildman–Crippen MR) is 112 cm³/mol. The summed E-state index contributed by atoms with van der Waals surface area (Å²) in [6, 6.07) is 14.0. The second-order valence-corrected chi connectivity index (χ2v) is 7.45. The molecule has 4 heterocycles. The maximum atomic E-state index is 12.8. The standard InChI is InChI=1S/C22H23N5O2/c28-22(25-19-5-1-3-16-4-2-7-24-21(16)19)20-13-17(6-8-23-20)26-9-11-27(12-10-26)18-14-29-15-18/h1-8,13,18H,9-12,14-15H2,(H,25,28). The van der Waals surface area contributed by atoms with Crippen molar-refractivity contribution >= 4 is 28.2 Å². The minimum absolute atomic E-state index is 0.227. The smallest absolute Gasteiger partial charge is 0.274 e. The molecule has 5 rings (SSSR count). The van der Waals surface area contributed by atoms with E-state index < -0.39 is 0 Å². The first kappa shape index (κ1) is 18.0. The highest BCUT2D eigenvalue weighted by atomic mass is 16.5. The number of amides is 1. The average molecular weight is 389 g/mol. The molecular weight excluding hydrogens is 366 g/mol. The average Bonchev–Trinajstić information content (AvgIpc) is 2.73. The number of benzene rings is 1. The Morgan fingerprint density at radius 2 is 1.83 bits per heavy atom. The highest BCUT2D eigenvalue weighted by Crippen LogP contribution is 2.23. The van der Waals surface area contributed by atoms with Gasteiger partial charge >= 0.3 is 0 Å². The van der Waals surface area contributed by atoms with Crippen molar-refractivity contribution in [2.24, 2.45) is 0 Å². The van der Waals surface area contributed by atoms with Crippen LogP contribution in [0, 0.1) is 0 Å². The van der Waals surface area contributed by atoms with E-state index in [0.29, 0.717) is 17.4 Å². The number of fused-ring (bicyclic) bond motifs is 1. The van der Waals surface area contributed by atoms with E-state index in [9.17, 15) is 4.79 Å². The number of carbonyl (C=O) groups excluding carboxylic acids is 1. The molecule has 7 nitrogen and oxygen atoms in total. The molecule has 0 spiro atoms. The Bertz CT molecular complexity index is 1020. The largest absolute Gasteiger partial charge is 0.378 e. The molecule has 0 bridgehead atoms. The monoisotopic (exact) mass is 389 g/mol. The summed E-state index contributed by atoms with van der Waals surface area (Å²) in [5.74, 6) is -0.227. The Labute approximate surface area is 169 Å². The molecule has 0 radical (unpaired) electrons. The maximum absolute atomic E-state index is 12.8. The molecule has 0 atom stereocenters. The first-order valence-corrected chi connectivity index (χ1v) is 9.96. The third kappa shape index (κ3) is 3.66. The van der Waals surface area contributed by atoms with Crippen LogP contribution in [0.5, 0.6) is 0 Å². The Balaban J connectivity index is 1.30. The van der Waals surface area contributed by atoms with Gasteiger partial charge in [0.15, 0.2) is 0 Å². The van der Waals surface area contributed by atoms with Gasteiger partial charge in [0.1, 0.15) is 5.69 Å².